The van der Waals surface area contributed by atoms with Gasteiger partial charge in [-0.15, -0.1) is 0 Å². The molecule has 1 aromatic carbocycles. The smallest absolute Gasteiger partial charge is 0.131 e. The average Bonchev–Trinajstić information content (AvgIpc) is 2.50. The summed E-state index contributed by atoms with van der Waals surface area (Å²) in [6, 6.07) is 4.91. The number of hydrogen-bond acceptors (Lipinski definition) is 1. The topological polar surface area (TPSA) is 17.8 Å². The lowest BCUT2D eigenvalue weighted by Crippen LogP contribution is -2.18. The monoisotopic (exact) mass is 330 g/mol. The van der Waals surface area contributed by atoms with Gasteiger partial charge < -0.3 is 0 Å². The molecule has 84 valence electrons. The van der Waals surface area contributed by atoms with E-state index >= 15 is 0 Å². The Kier molecular flexibility index (Phi) is 2.61. The molecule has 2 aromatic rings. The van der Waals surface area contributed by atoms with Crippen molar-refractivity contribution in [3.63, 3.8) is 0 Å². The van der Waals surface area contributed by atoms with Gasteiger partial charge in [-0.25, -0.2) is 4.39 Å². The van der Waals surface area contributed by atoms with Crippen molar-refractivity contribution in [2.75, 3.05) is 0 Å². The first-order valence-corrected chi connectivity index (χ1v) is 6.63. The highest BCUT2D eigenvalue weighted by atomic mass is 127. The number of rotatable bonds is 2. The Morgan fingerprint density at radius 2 is 2.25 bits per heavy atom. The first-order chi connectivity index (χ1) is 7.74. The highest BCUT2D eigenvalue weighted by Crippen LogP contribution is 2.30. The highest BCUT2D eigenvalue weighted by molar-refractivity contribution is 14.1. The first kappa shape index (κ1) is 10.5. The number of hydrogen-bond donors (Lipinski definition) is 0. The largest absolute Gasteiger partial charge is 0.264 e. The number of halogens is 2. The van der Waals surface area contributed by atoms with Gasteiger partial charge in [-0.2, -0.15) is 5.10 Å². The molecular formula is C12H12FIN2. The van der Waals surface area contributed by atoms with E-state index < -0.39 is 0 Å². The van der Waals surface area contributed by atoms with E-state index in [4.69, 9.17) is 0 Å². The molecule has 16 heavy (non-hydrogen) atoms. The highest BCUT2D eigenvalue weighted by Gasteiger charge is 2.20. The maximum atomic E-state index is 13.1. The second-order valence-corrected chi connectivity index (χ2v) is 5.45. The van der Waals surface area contributed by atoms with E-state index in [0.717, 1.165) is 27.1 Å². The van der Waals surface area contributed by atoms with E-state index in [2.05, 4.69) is 27.7 Å². The van der Waals surface area contributed by atoms with E-state index in [1.54, 1.807) is 6.07 Å². The molecule has 0 N–H and O–H groups in total. The summed E-state index contributed by atoms with van der Waals surface area (Å²) in [5.41, 5.74) is 1.05. The van der Waals surface area contributed by atoms with Gasteiger partial charge in [0, 0.05) is 11.9 Å². The molecule has 2 nitrogen and oxygen atoms in total. The Bertz CT molecular complexity index is 531. The summed E-state index contributed by atoms with van der Waals surface area (Å²) in [6.45, 7) is 0.977. The summed E-state index contributed by atoms with van der Waals surface area (Å²) in [6.07, 6.45) is 3.95. The van der Waals surface area contributed by atoms with Gasteiger partial charge in [0.25, 0.3) is 0 Å². The Labute approximate surface area is 107 Å². The van der Waals surface area contributed by atoms with Crippen molar-refractivity contribution in [1.29, 1.82) is 0 Å². The fourth-order valence-corrected chi connectivity index (χ4v) is 2.86. The minimum Gasteiger partial charge on any atom is -0.264 e. The summed E-state index contributed by atoms with van der Waals surface area (Å²) >= 11 is 2.17. The maximum absolute atomic E-state index is 13.1. The van der Waals surface area contributed by atoms with Crippen molar-refractivity contribution in [2.45, 2.75) is 25.8 Å². The van der Waals surface area contributed by atoms with Gasteiger partial charge in [0.15, 0.2) is 0 Å². The third kappa shape index (κ3) is 1.73. The fraction of sp³-hybridized carbons (Fsp3) is 0.417. The van der Waals surface area contributed by atoms with Crippen LogP contribution in [0, 0.1) is 15.4 Å². The molecule has 0 spiro atoms. The molecule has 0 saturated heterocycles. The molecule has 0 atom stereocenters. The van der Waals surface area contributed by atoms with Gasteiger partial charge in [-0.05, 0) is 59.5 Å². The lowest BCUT2D eigenvalue weighted by Gasteiger charge is -2.25. The van der Waals surface area contributed by atoms with Crippen LogP contribution < -0.4 is 0 Å². The van der Waals surface area contributed by atoms with Crippen LogP contribution in [0.4, 0.5) is 4.39 Å². The normalized spacial score (nSPS) is 16.6. The van der Waals surface area contributed by atoms with Gasteiger partial charge >= 0.3 is 0 Å². The summed E-state index contributed by atoms with van der Waals surface area (Å²) in [7, 11) is 0. The molecule has 1 fully saturated rings. The average molecular weight is 330 g/mol. The Morgan fingerprint density at radius 3 is 2.94 bits per heavy atom. The zero-order chi connectivity index (χ0) is 11.1. The van der Waals surface area contributed by atoms with Crippen LogP contribution in [0.25, 0.3) is 10.9 Å². The molecule has 1 aromatic heterocycles. The molecule has 1 aliphatic rings. The molecule has 1 aliphatic carbocycles. The lowest BCUT2D eigenvalue weighted by atomic mass is 9.85. The molecule has 0 radical (unpaired) electrons. The molecule has 4 heteroatoms. The van der Waals surface area contributed by atoms with Crippen LogP contribution in [-0.2, 0) is 6.54 Å². The quantitative estimate of drug-likeness (QED) is 0.770. The van der Waals surface area contributed by atoms with Crippen LogP contribution in [0.15, 0.2) is 18.2 Å². The summed E-state index contributed by atoms with van der Waals surface area (Å²) in [5.74, 6) is 0.581. The second-order valence-electron chi connectivity index (χ2n) is 4.43. The van der Waals surface area contributed by atoms with Crippen LogP contribution in [-0.4, -0.2) is 9.78 Å². The standard InChI is InChI=1S/C12H12FIN2/c13-9-4-5-11-10(6-9)12(14)15-16(11)7-8-2-1-3-8/h4-6,8H,1-3,7H2. The molecule has 1 saturated carbocycles. The van der Waals surface area contributed by atoms with Crippen LogP contribution in [0.2, 0.25) is 0 Å². The van der Waals surface area contributed by atoms with Crippen LogP contribution in [0.3, 0.4) is 0 Å². The van der Waals surface area contributed by atoms with Crippen molar-refractivity contribution in [3.8, 4) is 0 Å². The molecule has 0 amide bonds. The molecule has 0 unspecified atom stereocenters. The van der Waals surface area contributed by atoms with Gasteiger partial charge in [-0.3, -0.25) is 4.68 Å². The first-order valence-electron chi connectivity index (χ1n) is 5.55. The van der Waals surface area contributed by atoms with E-state index in [-0.39, 0.29) is 5.82 Å². The number of fused-ring (bicyclic) bond motifs is 1. The van der Waals surface area contributed by atoms with E-state index in [0.29, 0.717) is 0 Å². The van der Waals surface area contributed by atoms with Crippen molar-refractivity contribution in [1.82, 2.24) is 9.78 Å². The van der Waals surface area contributed by atoms with Crippen molar-refractivity contribution in [3.05, 3.63) is 27.7 Å². The predicted molar refractivity (Wildman–Crippen MR) is 69.7 cm³/mol. The van der Waals surface area contributed by atoms with Gasteiger partial charge in [0.05, 0.1) is 5.52 Å². The van der Waals surface area contributed by atoms with Crippen molar-refractivity contribution < 1.29 is 4.39 Å². The van der Waals surface area contributed by atoms with Crippen LogP contribution in [0.1, 0.15) is 19.3 Å². The lowest BCUT2D eigenvalue weighted by molar-refractivity contribution is 0.269. The number of aromatic nitrogens is 2. The third-order valence-electron chi connectivity index (χ3n) is 3.32. The third-order valence-corrected chi connectivity index (χ3v) is 4.12. The number of benzene rings is 1. The second kappa shape index (κ2) is 3.98. The van der Waals surface area contributed by atoms with Crippen molar-refractivity contribution >= 4 is 33.5 Å². The zero-order valence-electron chi connectivity index (χ0n) is 8.79. The zero-order valence-corrected chi connectivity index (χ0v) is 10.9. The molecule has 0 bridgehead atoms. The van der Waals surface area contributed by atoms with Gasteiger partial charge in [0.2, 0.25) is 0 Å². The van der Waals surface area contributed by atoms with E-state index in [9.17, 15) is 4.39 Å². The van der Waals surface area contributed by atoms with Crippen molar-refractivity contribution in [2.24, 2.45) is 5.92 Å². The minimum absolute atomic E-state index is 0.186. The summed E-state index contributed by atoms with van der Waals surface area (Å²) in [4.78, 5) is 0. The Morgan fingerprint density at radius 1 is 1.44 bits per heavy atom. The fourth-order valence-electron chi connectivity index (χ4n) is 2.17. The van der Waals surface area contributed by atoms with E-state index in [1.165, 1.54) is 25.3 Å². The molecule has 1 heterocycles. The van der Waals surface area contributed by atoms with Crippen LogP contribution >= 0.6 is 22.6 Å². The summed E-state index contributed by atoms with van der Waals surface area (Å²) in [5, 5.41) is 5.42. The van der Waals surface area contributed by atoms with Crippen LogP contribution in [0.5, 0.6) is 0 Å². The van der Waals surface area contributed by atoms with Gasteiger partial charge in [-0.1, -0.05) is 6.42 Å². The molecule has 0 aliphatic heterocycles. The SMILES string of the molecule is Fc1ccc2c(c1)c(I)nn2CC1CCC1. The number of nitrogens with zero attached hydrogens (tertiary/aromatic N) is 2. The predicted octanol–water partition coefficient (Wildman–Crippen LogP) is 3.58. The summed E-state index contributed by atoms with van der Waals surface area (Å²) < 4.78 is 16.0. The van der Waals surface area contributed by atoms with E-state index in [1.807, 2.05) is 10.7 Å². The molecular weight excluding hydrogens is 318 g/mol. The minimum atomic E-state index is -0.186. The molecule has 3 rings (SSSR count). The Hall–Kier alpha value is -0.650. The maximum Gasteiger partial charge on any atom is 0.131 e. The van der Waals surface area contributed by atoms with Gasteiger partial charge in [0.1, 0.15) is 9.52 Å². The Balaban J connectivity index is 2.03.